The van der Waals surface area contributed by atoms with Gasteiger partial charge in [-0.05, 0) is 44.9 Å². The number of aromatic nitrogens is 1. The zero-order valence-corrected chi connectivity index (χ0v) is 15.8. The monoisotopic (exact) mass is 379 g/mol. The first-order valence-electron chi connectivity index (χ1n) is 9.92. The van der Waals surface area contributed by atoms with E-state index in [1.165, 1.54) is 0 Å². The molecule has 7 heteroatoms. The van der Waals surface area contributed by atoms with Crippen LogP contribution in [-0.2, 0) is 9.53 Å². The molecule has 1 aliphatic carbocycles. The number of carbonyl (C=O) groups excluding carboxylic acids is 1. The van der Waals surface area contributed by atoms with Crippen LogP contribution in [0.25, 0.3) is 0 Å². The second kappa shape index (κ2) is 7.34. The van der Waals surface area contributed by atoms with E-state index in [0.717, 1.165) is 63.8 Å². The molecule has 4 rings (SSSR count). The van der Waals surface area contributed by atoms with Crippen molar-refractivity contribution in [1.29, 1.82) is 0 Å². The topological polar surface area (TPSA) is 45.7 Å². The fraction of sp³-hybridized carbons (Fsp3) is 0.700. The maximum absolute atomic E-state index is 14.2. The number of carbonyl (C=O) groups is 1. The minimum Gasteiger partial charge on any atom is -0.381 e. The lowest BCUT2D eigenvalue weighted by atomic mass is 9.78. The van der Waals surface area contributed by atoms with Crippen LogP contribution in [0.3, 0.4) is 0 Å². The Labute approximate surface area is 158 Å². The molecule has 1 spiro atoms. The third-order valence-electron chi connectivity index (χ3n) is 6.63. The highest BCUT2D eigenvalue weighted by Crippen LogP contribution is 2.43. The molecule has 3 aliphatic rings. The van der Waals surface area contributed by atoms with Crippen molar-refractivity contribution >= 4 is 11.7 Å². The van der Waals surface area contributed by atoms with Crippen molar-refractivity contribution in [3.8, 4) is 0 Å². The summed E-state index contributed by atoms with van der Waals surface area (Å²) in [5, 5.41) is 0. The molecular formula is C20H27F2N3O2. The number of pyridine rings is 1. The van der Waals surface area contributed by atoms with Crippen molar-refractivity contribution in [1.82, 2.24) is 9.88 Å². The number of likely N-dealkylation sites (tertiary alicyclic amines) is 1. The average Bonchev–Trinajstić information content (AvgIpc) is 2.98. The van der Waals surface area contributed by atoms with E-state index in [9.17, 15) is 13.6 Å². The van der Waals surface area contributed by atoms with Gasteiger partial charge in [-0.1, -0.05) is 0 Å². The summed E-state index contributed by atoms with van der Waals surface area (Å²) in [6.45, 7) is 1.88. The van der Waals surface area contributed by atoms with Gasteiger partial charge in [0.2, 0.25) is 5.91 Å². The first kappa shape index (κ1) is 18.6. The minimum absolute atomic E-state index is 0.155. The zero-order chi connectivity index (χ0) is 19.0. The minimum atomic E-state index is -0.683. The second-order valence-electron chi connectivity index (χ2n) is 8.18. The molecule has 5 nitrogen and oxygen atoms in total. The lowest BCUT2D eigenvalue weighted by Crippen LogP contribution is -2.50. The molecule has 2 aliphatic heterocycles. The van der Waals surface area contributed by atoms with E-state index in [1.54, 1.807) is 7.11 Å². The number of halogens is 2. The van der Waals surface area contributed by atoms with Crippen molar-refractivity contribution in [2.24, 2.45) is 5.41 Å². The molecule has 1 saturated carbocycles. The first-order chi connectivity index (χ1) is 13.0. The molecule has 0 N–H and O–H groups in total. The third-order valence-corrected chi connectivity index (χ3v) is 6.63. The van der Waals surface area contributed by atoms with Gasteiger partial charge >= 0.3 is 0 Å². The van der Waals surface area contributed by atoms with Crippen LogP contribution in [0.1, 0.15) is 44.9 Å². The maximum atomic E-state index is 14.2. The fourth-order valence-electron chi connectivity index (χ4n) is 5.12. The highest BCUT2D eigenvalue weighted by Gasteiger charge is 2.51. The van der Waals surface area contributed by atoms with Crippen LogP contribution in [-0.4, -0.2) is 54.7 Å². The number of ether oxygens (including phenoxy) is 1. The summed E-state index contributed by atoms with van der Waals surface area (Å²) in [4.78, 5) is 21.2. The van der Waals surface area contributed by atoms with Gasteiger partial charge < -0.3 is 14.5 Å². The van der Waals surface area contributed by atoms with Gasteiger partial charge in [0.15, 0.2) is 11.6 Å². The van der Waals surface area contributed by atoms with Crippen LogP contribution >= 0.6 is 0 Å². The van der Waals surface area contributed by atoms with Crippen LogP contribution in [0.2, 0.25) is 0 Å². The summed E-state index contributed by atoms with van der Waals surface area (Å²) in [5.41, 5.74) is -0.459. The molecule has 2 saturated heterocycles. The number of piperidine rings is 1. The van der Waals surface area contributed by atoms with Crippen molar-refractivity contribution in [3.63, 3.8) is 0 Å². The smallest absolute Gasteiger partial charge is 0.230 e. The Kier molecular flexibility index (Phi) is 5.05. The highest BCUT2D eigenvalue weighted by molar-refractivity contribution is 5.86. The van der Waals surface area contributed by atoms with Gasteiger partial charge in [-0.2, -0.15) is 0 Å². The molecule has 0 radical (unpaired) electrons. The number of nitrogens with zero attached hydrogens (tertiary/aromatic N) is 3. The van der Waals surface area contributed by atoms with Crippen LogP contribution in [0.4, 0.5) is 14.6 Å². The molecular weight excluding hydrogens is 352 g/mol. The number of amides is 1. The molecule has 1 aromatic heterocycles. The van der Waals surface area contributed by atoms with E-state index in [2.05, 4.69) is 9.88 Å². The molecule has 0 aromatic carbocycles. The van der Waals surface area contributed by atoms with E-state index in [-0.39, 0.29) is 11.7 Å². The van der Waals surface area contributed by atoms with E-state index >= 15 is 0 Å². The summed E-state index contributed by atoms with van der Waals surface area (Å²) in [6, 6.07) is 1.15. The predicted molar refractivity (Wildman–Crippen MR) is 97.4 cm³/mol. The first-order valence-corrected chi connectivity index (χ1v) is 9.92. The number of hydrogen-bond donors (Lipinski definition) is 0. The van der Waals surface area contributed by atoms with Gasteiger partial charge in [0.25, 0.3) is 0 Å². The van der Waals surface area contributed by atoms with Gasteiger partial charge in [0.05, 0.1) is 17.7 Å². The van der Waals surface area contributed by atoms with Crippen LogP contribution in [0.5, 0.6) is 0 Å². The summed E-state index contributed by atoms with van der Waals surface area (Å²) in [5.74, 6) is -0.983. The van der Waals surface area contributed by atoms with Gasteiger partial charge in [-0.3, -0.25) is 4.79 Å². The summed E-state index contributed by atoms with van der Waals surface area (Å²) in [6.07, 6.45) is 7.75. The Hall–Kier alpha value is -1.76. The Balaban J connectivity index is 1.48. The molecule has 0 bridgehead atoms. The Bertz CT molecular complexity index is 708. The average molecular weight is 379 g/mol. The van der Waals surface area contributed by atoms with E-state index in [0.29, 0.717) is 25.2 Å². The molecule has 1 atom stereocenters. The third kappa shape index (κ3) is 3.42. The largest absolute Gasteiger partial charge is 0.381 e. The zero-order valence-electron chi connectivity index (χ0n) is 15.8. The van der Waals surface area contributed by atoms with Gasteiger partial charge in [-0.15, -0.1) is 0 Å². The van der Waals surface area contributed by atoms with Crippen molar-refractivity contribution in [2.45, 2.75) is 57.1 Å². The fourth-order valence-corrected chi connectivity index (χ4v) is 5.12. The van der Waals surface area contributed by atoms with Crippen molar-refractivity contribution in [3.05, 3.63) is 23.9 Å². The van der Waals surface area contributed by atoms with Gasteiger partial charge in [-0.25, -0.2) is 13.8 Å². The van der Waals surface area contributed by atoms with E-state index < -0.39 is 17.0 Å². The number of anilines is 1. The highest BCUT2D eigenvalue weighted by atomic mass is 19.1. The Morgan fingerprint density at radius 3 is 2.67 bits per heavy atom. The Morgan fingerprint density at radius 2 is 1.96 bits per heavy atom. The number of methoxy groups -OCH3 is 1. The predicted octanol–water partition coefficient (Wildman–Crippen LogP) is 3.14. The molecule has 3 fully saturated rings. The van der Waals surface area contributed by atoms with Gasteiger partial charge in [0.1, 0.15) is 5.82 Å². The lowest BCUT2D eigenvalue weighted by molar-refractivity contribution is -0.139. The number of hydrogen-bond acceptors (Lipinski definition) is 4. The molecule has 27 heavy (non-hydrogen) atoms. The SMILES string of the molecule is COC1CCC(N2CC[C@@]3(CCCN(c4ncc(F)cc4F)C3)C2=O)CC1. The normalized spacial score (nSPS) is 31.7. The second-order valence-corrected chi connectivity index (χ2v) is 8.18. The molecule has 3 heterocycles. The van der Waals surface area contributed by atoms with E-state index in [4.69, 9.17) is 4.74 Å². The molecule has 1 amide bonds. The van der Waals surface area contributed by atoms with Crippen molar-refractivity contribution < 1.29 is 18.3 Å². The lowest BCUT2D eigenvalue weighted by Gasteiger charge is -2.41. The van der Waals surface area contributed by atoms with Crippen LogP contribution in [0.15, 0.2) is 12.3 Å². The standard InChI is InChI=1S/C20H27F2N3O2/c1-27-16-5-3-15(4-6-16)25-10-8-20(19(25)26)7-2-9-24(13-20)18-17(22)11-14(21)12-23-18/h11-12,15-16H,2-10,13H2,1H3/t15?,16?,20-/m1/s1. The summed E-state index contributed by atoms with van der Waals surface area (Å²) >= 11 is 0. The Morgan fingerprint density at radius 1 is 1.19 bits per heavy atom. The van der Waals surface area contributed by atoms with E-state index in [1.807, 2.05) is 4.90 Å². The maximum Gasteiger partial charge on any atom is 0.230 e. The van der Waals surface area contributed by atoms with Crippen LogP contribution in [0, 0.1) is 17.0 Å². The quantitative estimate of drug-likeness (QED) is 0.810. The molecule has 1 aromatic rings. The summed E-state index contributed by atoms with van der Waals surface area (Å²) in [7, 11) is 1.75. The molecule has 0 unspecified atom stereocenters. The molecule has 148 valence electrons. The summed E-state index contributed by atoms with van der Waals surface area (Å²) < 4.78 is 32.8. The number of rotatable bonds is 3. The van der Waals surface area contributed by atoms with Crippen molar-refractivity contribution in [2.75, 3.05) is 31.6 Å². The van der Waals surface area contributed by atoms with Gasteiger partial charge in [0, 0.05) is 38.9 Å². The van der Waals surface area contributed by atoms with Crippen LogP contribution < -0.4 is 4.90 Å².